The molecule has 3 aromatic rings. The van der Waals surface area contributed by atoms with E-state index in [-0.39, 0.29) is 23.6 Å². The molecule has 4 atom stereocenters. The van der Waals surface area contributed by atoms with Crippen molar-refractivity contribution in [2.75, 3.05) is 16.9 Å². The summed E-state index contributed by atoms with van der Waals surface area (Å²) >= 11 is 0. The largest absolute Gasteiger partial charge is 0.497 e. The van der Waals surface area contributed by atoms with Crippen LogP contribution in [0, 0.1) is 11.8 Å². The van der Waals surface area contributed by atoms with E-state index in [9.17, 15) is 14.4 Å². The number of methoxy groups -OCH3 is 1. The van der Waals surface area contributed by atoms with Crippen molar-refractivity contribution in [3.8, 4) is 5.75 Å². The molecule has 2 fully saturated rings. The van der Waals surface area contributed by atoms with Crippen molar-refractivity contribution in [2.45, 2.75) is 12.1 Å². The molecule has 34 heavy (non-hydrogen) atoms. The first-order valence-electron chi connectivity index (χ1n) is 11.3. The second kappa shape index (κ2) is 7.70. The summed E-state index contributed by atoms with van der Waals surface area (Å²) in [6, 6.07) is 22.5. The van der Waals surface area contributed by atoms with Gasteiger partial charge >= 0.3 is 0 Å². The average Bonchev–Trinajstić information content (AvgIpc) is 3.37. The van der Waals surface area contributed by atoms with Gasteiger partial charge in [0.2, 0.25) is 11.8 Å². The summed E-state index contributed by atoms with van der Waals surface area (Å²) in [6.07, 6.45) is 3.94. The van der Waals surface area contributed by atoms with Gasteiger partial charge in [-0.3, -0.25) is 14.4 Å². The van der Waals surface area contributed by atoms with Gasteiger partial charge in [-0.1, -0.05) is 60.7 Å². The van der Waals surface area contributed by atoms with Crippen molar-refractivity contribution < 1.29 is 19.1 Å². The zero-order valence-corrected chi connectivity index (χ0v) is 18.5. The maximum Gasteiger partial charge on any atom is 0.240 e. The van der Waals surface area contributed by atoms with Gasteiger partial charge in [-0.05, 0) is 35.9 Å². The predicted octanol–water partition coefficient (Wildman–Crippen LogP) is 3.97. The summed E-state index contributed by atoms with van der Waals surface area (Å²) in [6.45, 7) is 0. The highest BCUT2D eigenvalue weighted by atomic mass is 16.5. The fourth-order valence-electron chi connectivity index (χ4n) is 5.57. The first kappa shape index (κ1) is 20.4. The lowest BCUT2D eigenvalue weighted by Crippen LogP contribution is -2.48. The third-order valence-corrected chi connectivity index (χ3v) is 7.07. The normalized spacial score (nSPS) is 24.6. The number of imide groups is 1. The maximum absolute atomic E-state index is 13.9. The third kappa shape index (κ3) is 2.85. The summed E-state index contributed by atoms with van der Waals surface area (Å²) < 4.78 is 5.21. The molecular weight excluding hydrogens is 428 g/mol. The third-order valence-electron chi connectivity index (χ3n) is 7.07. The number of hydrogen-bond donors (Lipinski definition) is 0. The number of hydrogen-bond acceptors (Lipinski definition) is 5. The van der Waals surface area contributed by atoms with Crippen LogP contribution in [0.4, 0.5) is 11.4 Å². The molecule has 3 aliphatic heterocycles. The van der Waals surface area contributed by atoms with Gasteiger partial charge in [0, 0.05) is 11.3 Å². The van der Waals surface area contributed by atoms with E-state index in [1.54, 1.807) is 43.5 Å². The molecular formula is C28H22N2O4. The van der Waals surface area contributed by atoms with Crippen LogP contribution in [0.1, 0.15) is 15.9 Å². The molecule has 168 valence electrons. The van der Waals surface area contributed by atoms with Crippen LogP contribution in [-0.4, -0.2) is 36.8 Å². The molecule has 0 radical (unpaired) electrons. The topological polar surface area (TPSA) is 66.9 Å². The molecule has 0 aromatic heterocycles. The number of anilines is 2. The fourth-order valence-corrected chi connectivity index (χ4v) is 5.57. The number of carbonyl (C=O) groups is 3. The Morgan fingerprint density at radius 2 is 1.50 bits per heavy atom. The van der Waals surface area contributed by atoms with Crippen LogP contribution in [0.3, 0.4) is 0 Å². The lowest BCUT2D eigenvalue weighted by molar-refractivity contribution is -0.122. The van der Waals surface area contributed by atoms with Gasteiger partial charge in [-0.25, -0.2) is 4.90 Å². The second-order valence-corrected chi connectivity index (χ2v) is 8.75. The molecule has 2 amide bonds. The summed E-state index contributed by atoms with van der Waals surface area (Å²) in [5.74, 6) is -1.55. The van der Waals surface area contributed by atoms with Crippen molar-refractivity contribution in [1.29, 1.82) is 0 Å². The number of rotatable bonds is 4. The number of nitrogens with zero attached hydrogens (tertiary/aromatic N) is 2. The van der Waals surface area contributed by atoms with Crippen molar-refractivity contribution >= 4 is 35.0 Å². The van der Waals surface area contributed by atoms with Gasteiger partial charge in [0.05, 0.1) is 30.7 Å². The molecule has 0 saturated carbocycles. The van der Waals surface area contributed by atoms with E-state index < -0.39 is 17.9 Å². The van der Waals surface area contributed by atoms with Gasteiger partial charge in [0.15, 0.2) is 5.78 Å². The molecule has 3 aliphatic rings. The highest BCUT2D eigenvalue weighted by molar-refractivity contribution is 6.25. The lowest BCUT2D eigenvalue weighted by Gasteiger charge is -2.36. The summed E-state index contributed by atoms with van der Waals surface area (Å²) in [5, 5.41) is 0. The Morgan fingerprint density at radius 1 is 0.824 bits per heavy atom. The van der Waals surface area contributed by atoms with Gasteiger partial charge in [0.25, 0.3) is 0 Å². The minimum absolute atomic E-state index is 0.152. The smallest absolute Gasteiger partial charge is 0.240 e. The summed E-state index contributed by atoms with van der Waals surface area (Å²) in [5.41, 5.74) is 2.86. The number of amides is 2. The number of fused-ring (bicyclic) bond motifs is 5. The number of ether oxygens (including phenoxy) is 1. The van der Waals surface area contributed by atoms with Crippen molar-refractivity contribution in [2.24, 2.45) is 11.8 Å². The molecule has 0 aliphatic carbocycles. The summed E-state index contributed by atoms with van der Waals surface area (Å²) in [4.78, 5) is 44.6. The molecule has 0 bridgehead atoms. The summed E-state index contributed by atoms with van der Waals surface area (Å²) in [7, 11) is 1.56. The van der Waals surface area contributed by atoms with E-state index in [2.05, 4.69) is 0 Å². The number of benzene rings is 3. The van der Waals surface area contributed by atoms with Crippen LogP contribution in [-0.2, 0) is 9.59 Å². The molecule has 3 aromatic carbocycles. The molecule has 6 nitrogen and oxygen atoms in total. The van der Waals surface area contributed by atoms with Crippen LogP contribution in [0.25, 0.3) is 6.08 Å². The highest BCUT2D eigenvalue weighted by Gasteiger charge is 2.64. The quantitative estimate of drug-likeness (QED) is 0.445. The Balaban J connectivity index is 1.48. The van der Waals surface area contributed by atoms with E-state index in [0.717, 1.165) is 11.3 Å². The molecule has 3 heterocycles. The van der Waals surface area contributed by atoms with E-state index in [1.807, 2.05) is 59.5 Å². The fraction of sp³-hybridized carbons (Fsp3) is 0.179. The van der Waals surface area contributed by atoms with E-state index in [1.165, 1.54) is 4.90 Å². The zero-order chi connectivity index (χ0) is 23.4. The van der Waals surface area contributed by atoms with Crippen molar-refractivity contribution in [3.63, 3.8) is 0 Å². The first-order chi connectivity index (χ1) is 16.6. The number of Topliss-reactive ketones (excluding diaryl/α,β-unsaturated/α-hetero) is 1. The second-order valence-electron chi connectivity index (χ2n) is 8.75. The minimum Gasteiger partial charge on any atom is -0.497 e. The molecule has 6 rings (SSSR count). The Labute approximate surface area is 197 Å². The Hall–Kier alpha value is -4.19. The Kier molecular flexibility index (Phi) is 4.62. The van der Waals surface area contributed by atoms with E-state index >= 15 is 0 Å². The standard InChI is InChI=1S/C28H22N2O4/c1-34-20-14-12-19(13-15-20)29-27(32)23-22-16-11-17-7-5-6-10-21(17)30(22)25(24(23)28(29)33)26(31)18-8-3-2-4-9-18/h2-16,22-25H,1H3/t22-,23-,24-,25+/m1/s1. The van der Waals surface area contributed by atoms with E-state index in [4.69, 9.17) is 4.74 Å². The van der Waals surface area contributed by atoms with Gasteiger partial charge in [-0.2, -0.15) is 0 Å². The molecule has 0 unspecified atom stereocenters. The Morgan fingerprint density at radius 3 is 2.24 bits per heavy atom. The first-order valence-corrected chi connectivity index (χ1v) is 11.3. The predicted molar refractivity (Wildman–Crippen MR) is 129 cm³/mol. The van der Waals surface area contributed by atoms with Crippen molar-refractivity contribution in [1.82, 2.24) is 0 Å². The number of carbonyl (C=O) groups excluding carboxylic acids is 3. The Bertz CT molecular complexity index is 1330. The average molecular weight is 450 g/mol. The number of ketones is 1. The van der Waals surface area contributed by atoms with Gasteiger partial charge in [-0.15, -0.1) is 0 Å². The van der Waals surface area contributed by atoms with Crippen LogP contribution in [0.2, 0.25) is 0 Å². The van der Waals surface area contributed by atoms with Gasteiger partial charge < -0.3 is 9.64 Å². The molecule has 2 saturated heterocycles. The van der Waals surface area contributed by atoms with Crippen LogP contribution in [0.15, 0.2) is 84.9 Å². The number of para-hydroxylation sites is 1. The highest BCUT2D eigenvalue weighted by Crippen LogP contribution is 2.49. The van der Waals surface area contributed by atoms with Gasteiger partial charge in [0.1, 0.15) is 11.8 Å². The monoisotopic (exact) mass is 450 g/mol. The van der Waals surface area contributed by atoms with E-state index in [0.29, 0.717) is 17.0 Å². The van der Waals surface area contributed by atoms with Crippen molar-refractivity contribution in [3.05, 3.63) is 96.1 Å². The van der Waals surface area contributed by atoms with Crippen LogP contribution < -0.4 is 14.5 Å². The van der Waals surface area contributed by atoms with Crippen LogP contribution >= 0.6 is 0 Å². The zero-order valence-electron chi connectivity index (χ0n) is 18.5. The molecule has 0 spiro atoms. The lowest BCUT2D eigenvalue weighted by atomic mass is 9.86. The van der Waals surface area contributed by atoms with Crippen LogP contribution in [0.5, 0.6) is 5.75 Å². The molecule has 6 heteroatoms. The minimum atomic E-state index is -0.775. The SMILES string of the molecule is COc1ccc(N2C(=O)[C@@H]3[C@H](C2=O)[C@H]2C=Cc4ccccc4N2[C@@H]3C(=O)c2ccccc2)cc1. The maximum atomic E-state index is 13.9. The molecule has 0 N–H and O–H groups in total.